The quantitative estimate of drug-likeness (QED) is 0.524. The predicted octanol–water partition coefficient (Wildman–Crippen LogP) is 3.75. The van der Waals surface area contributed by atoms with Crippen LogP contribution in [0.25, 0.3) is 11.0 Å². The summed E-state index contributed by atoms with van der Waals surface area (Å²) < 4.78 is 7.98. The molecule has 0 spiro atoms. The molecule has 0 amide bonds. The number of hydrogen-bond acceptors (Lipinski definition) is 5. The molecule has 0 bridgehead atoms. The highest BCUT2D eigenvalue weighted by atomic mass is 28.3. The first-order valence-electron chi connectivity index (χ1n) is 10.3. The second-order valence-electron chi connectivity index (χ2n) is 8.97. The molecule has 1 aliphatic rings. The Labute approximate surface area is 169 Å². The molecule has 1 aliphatic heterocycles. The lowest BCUT2D eigenvalue weighted by molar-refractivity contribution is 0.0898. The van der Waals surface area contributed by atoms with Gasteiger partial charge in [-0.1, -0.05) is 26.6 Å². The van der Waals surface area contributed by atoms with Gasteiger partial charge < -0.3 is 14.2 Å². The monoisotopic (exact) mass is 399 g/mol. The lowest BCUT2D eigenvalue weighted by Crippen LogP contribution is -2.52. The van der Waals surface area contributed by atoms with Crippen LogP contribution >= 0.6 is 0 Å². The van der Waals surface area contributed by atoms with Gasteiger partial charge in [0.25, 0.3) is 0 Å². The topological polar surface area (TPSA) is 57.3 Å². The molecule has 1 saturated heterocycles. The molecule has 7 heteroatoms. The van der Waals surface area contributed by atoms with Crippen molar-refractivity contribution in [2.24, 2.45) is 0 Å². The molecule has 1 aromatic heterocycles. The van der Waals surface area contributed by atoms with E-state index in [1.54, 1.807) is 0 Å². The van der Waals surface area contributed by atoms with Crippen LogP contribution in [-0.2, 0) is 11.5 Å². The van der Waals surface area contributed by atoms with Crippen LogP contribution in [0.1, 0.15) is 19.4 Å². The molecular weight excluding hydrogens is 366 g/mol. The zero-order chi connectivity index (χ0) is 20.3. The molecule has 0 radical (unpaired) electrons. The van der Waals surface area contributed by atoms with E-state index in [-0.39, 0.29) is 0 Å². The van der Waals surface area contributed by atoms with Gasteiger partial charge in [0, 0.05) is 40.4 Å². The Morgan fingerprint density at radius 3 is 2.71 bits per heavy atom. The standard InChI is InChI=1S/C21H33N5OSi/c1-6-24-7-8-26(17(2)14-24)20-12-21-19(11-18(20)13-22)23-15-25(21)16-27-9-10-28(3,4)5/h11-12,15,17H,6-10,14,16H2,1-5H3. The summed E-state index contributed by atoms with van der Waals surface area (Å²) in [5, 5.41) is 9.71. The molecule has 1 atom stereocenters. The molecule has 28 heavy (non-hydrogen) atoms. The van der Waals surface area contributed by atoms with E-state index in [1.165, 1.54) is 0 Å². The van der Waals surface area contributed by atoms with Crippen LogP contribution in [0, 0.1) is 11.3 Å². The summed E-state index contributed by atoms with van der Waals surface area (Å²) >= 11 is 0. The van der Waals surface area contributed by atoms with Crippen LogP contribution in [0.4, 0.5) is 5.69 Å². The van der Waals surface area contributed by atoms with Gasteiger partial charge in [0.1, 0.15) is 12.8 Å². The van der Waals surface area contributed by atoms with Crippen LogP contribution in [0.3, 0.4) is 0 Å². The van der Waals surface area contributed by atoms with Gasteiger partial charge in [-0.3, -0.25) is 4.90 Å². The molecule has 3 rings (SSSR count). The number of ether oxygens (including phenoxy) is 1. The third-order valence-corrected chi connectivity index (χ3v) is 7.26. The molecule has 2 aromatic rings. The largest absolute Gasteiger partial charge is 0.365 e. The highest BCUT2D eigenvalue weighted by molar-refractivity contribution is 6.76. The lowest BCUT2D eigenvalue weighted by atomic mass is 10.1. The fraction of sp³-hybridized carbons (Fsp3) is 0.619. The molecule has 1 unspecified atom stereocenters. The number of imidazole rings is 1. The predicted molar refractivity (Wildman–Crippen MR) is 117 cm³/mol. The van der Waals surface area contributed by atoms with Gasteiger partial charge in [-0.15, -0.1) is 0 Å². The van der Waals surface area contributed by atoms with Crippen molar-refractivity contribution in [3.05, 3.63) is 24.0 Å². The Hall–Kier alpha value is -1.88. The van der Waals surface area contributed by atoms with Gasteiger partial charge in [-0.2, -0.15) is 5.26 Å². The highest BCUT2D eigenvalue weighted by Gasteiger charge is 2.25. The van der Waals surface area contributed by atoms with Crippen molar-refractivity contribution in [3.8, 4) is 6.07 Å². The number of fused-ring (bicyclic) bond motifs is 1. The number of nitriles is 1. The van der Waals surface area contributed by atoms with E-state index in [1.807, 2.05) is 12.4 Å². The van der Waals surface area contributed by atoms with Crippen LogP contribution in [-0.4, -0.2) is 61.4 Å². The zero-order valence-electron chi connectivity index (χ0n) is 17.9. The van der Waals surface area contributed by atoms with E-state index in [2.05, 4.69) is 65.0 Å². The van der Waals surface area contributed by atoms with Gasteiger partial charge in [-0.25, -0.2) is 4.98 Å². The normalized spacial score (nSPS) is 18.6. The fourth-order valence-electron chi connectivity index (χ4n) is 3.74. The van der Waals surface area contributed by atoms with Crippen LogP contribution < -0.4 is 4.90 Å². The summed E-state index contributed by atoms with van der Waals surface area (Å²) in [5.74, 6) is 0. The van der Waals surface area contributed by atoms with Gasteiger partial charge >= 0.3 is 0 Å². The maximum Gasteiger partial charge on any atom is 0.124 e. The minimum absolute atomic E-state index is 0.377. The zero-order valence-corrected chi connectivity index (χ0v) is 18.9. The summed E-state index contributed by atoms with van der Waals surface area (Å²) in [6, 6.07) is 7.96. The van der Waals surface area contributed by atoms with Crippen molar-refractivity contribution in [2.75, 3.05) is 37.7 Å². The van der Waals surface area contributed by atoms with Crippen molar-refractivity contribution in [1.29, 1.82) is 5.26 Å². The van der Waals surface area contributed by atoms with Crippen molar-refractivity contribution in [3.63, 3.8) is 0 Å². The SMILES string of the molecule is CCN1CCN(c2cc3c(cc2C#N)ncn3COCC[Si](C)(C)C)C(C)C1. The molecule has 0 N–H and O–H groups in total. The van der Waals surface area contributed by atoms with E-state index < -0.39 is 8.07 Å². The van der Waals surface area contributed by atoms with Crippen LogP contribution in [0.5, 0.6) is 0 Å². The van der Waals surface area contributed by atoms with E-state index in [0.717, 1.165) is 55.6 Å². The van der Waals surface area contributed by atoms with Gasteiger partial charge in [0.2, 0.25) is 0 Å². The Bertz CT molecular complexity index is 851. The summed E-state index contributed by atoms with van der Waals surface area (Å²) in [5.41, 5.74) is 3.61. The average Bonchev–Trinajstić information content (AvgIpc) is 3.05. The minimum atomic E-state index is -1.09. The van der Waals surface area contributed by atoms with Crippen molar-refractivity contribution < 1.29 is 4.74 Å². The maximum absolute atomic E-state index is 9.71. The number of rotatable bonds is 7. The van der Waals surface area contributed by atoms with Crippen molar-refractivity contribution in [1.82, 2.24) is 14.5 Å². The number of likely N-dealkylation sites (N-methyl/N-ethyl adjacent to an activating group) is 1. The smallest absolute Gasteiger partial charge is 0.124 e. The molecule has 2 heterocycles. The number of anilines is 1. The van der Waals surface area contributed by atoms with Crippen LogP contribution in [0.15, 0.2) is 18.5 Å². The Morgan fingerprint density at radius 1 is 1.29 bits per heavy atom. The maximum atomic E-state index is 9.71. The first kappa shape index (κ1) is 20.8. The Balaban J connectivity index is 1.82. The first-order valence-corrected chi connectivity index (χ1v) is 14.0. The summed E-state index contributed by atoms with van der Waals surface area (Å²) in [6.45, 7) is 16.9. The van der Waals surface area contributed by atoms with E-state index in [0.29, 0.717) is 18.3 Å². The average molecular weight is 400 g/mol. The Morgan fingerprint density at radius 2 is 2.07 bits per heavy atom. The number of nitrogens with zero attached hydrogens (tertiary/aromatic N) is 5. The van der Waals surface area contributed by atoms with E-state index in [4.69, 9.17) is 4.74 Å². The summed E-state index contributed by atoms with van der Waals surface area (Å²) in [4.78, 5) is 9.33. The van der Waals surface area contributed by atoms with E-state index in [9.17, 15) is 5.26 Å². The minimum Gasteiger partial charge on any atom is -0.365 e. The molecule has 1 aromatic carbocycles. The molecule has 6 nitrogen and oxygen atoms in total. The number of hydrogen-bond donors (Lipinski definition) is 0. The number of benzene rings is 1. The van der Waals surface area contributed by atoms with Crippen LogP contribution in [0.2, 0.25) is 25.7 Å². The second-order valence-corrected chi connectivity index (χ2v) is 14.6. The fourth-order valence-corrected chi connectivity index (χ4v) is 4.50. The second kappa shape index (κ2) is 8.64. The molecule has 0 saturated carbocycles. The van der Waals surface area contributed by atoms with E-state index >= 15 is 0 Å². The number of aromatic nitrogens is 2. The number of piperazine rings is 1. The van der Waals surface area contributed by atoms with Gasteiger partial charge in [-0.05, 0) is 31.6 Å². The Kier molecular flexibility index (Phi) is 6.43. The first-order chi connectivity index (χ1) is 13.3. The molecular formula is C21H33N5OSi. The third kappa shape index (κ3) is 4.74. The summed E-state index contributed by atoms with van der Waals surface area (Å²) in [7, 11) is -1.09. The molecule has 0 aliphatic carbocycles. The lowest BCUT2D eigenvalue weighted by Gasteiger charge is -2.41. The highest BCUT2D eigenvalue weighted by Crippen LogP contribution is 2.29. The molecule has 152 valence electrons. The van der Waals surface area contributed by atoms with Gasteiger partial charge in [0.05, 0.1) is 28.6 Å². The van der Waals surface area contributed by atoms with Crippen molar-refractivity contribution in [2.45, 2.75) is 52.3 Å². The van der Waals surface area contributed by atoms with Crippen molar-refractivity contribution >= 4 is 24.8 Å². The summed E-state index contributed by atoms with van der Waals surface area (Å²) in [6.07, 6.45) is 1.82. The molecule has 1 fully saturated rings. The third-order valence-electron chi connectivity index (χ3n) is 5.55. The van der Waals surface area contributed by atoms with Gasteiger partial charge in [0.15, 0.2) is 0 Å².